The Hall–Kier alpha value is -2.38. The van der Waals surface area contributed by atoms with E-state index in [9.17, 15) is 0 Å². The molecule has 96 valence electrons. The number of ether oxygens (including phenoxy) is 1. The first kappa shape index (κ1) is 13.1. The Balaban J connectivity index is 2.14. The predicted molar refractivity (Wildman–Crippen MR) is 73.6 cm³/mol. The molecule has 19 heavy (non-hydrogen) atoms. The first-order valence-corrected chi connectivity index (χ1v) is 6.00. The number of rotatable bonds is 5. The molecule has 0 bridgehead atoms. The third-order valence-corrected chi connectivity index (χ3v) is 2.75. The van der Waals surface area contributed by atoms with Crippen LogP contribution in [0.3, 0.4) is 0 Å². The zero-order valence-electron chi connectivity index (χ0n) is 10.7. The summed E-state index contributed by atoms with van der Waals surface area (Å²) in [7, 11) is 1.68. The number of nitrogens with zero attached hydrogens (tertiary/aromatic N) is 2. The molecule has 1 heterocycles. The smallest absolute Gasteiger partial charge is 0.140 e. The lowest BCUT2D eigenvalue weighted by molar-refractivity contribution is 0.186. The van der Waals surface area contributed by atoms with Gasteiger partial charge in [0.1, 0.15) is 11.8 Å². The lowest BCUT2D eigenvalue weighted by atomic mass is 10.1. The molecule has 0 radical (unpaired) electrons. The fraction of sp³-hybridized carbons (Fsp3) is 0.200. The van der Waals surface area contributed by atoms with Crippen molar-refractivity contribution in [3.63, 3.8) is 0 Å². The van der Waals surface area contributed by atoms with Crippen LogP contribution in [0.5, 0.6) is 0 Å². The van der Waals surface area contributed by atoms with Crippen molar-refractivity contribution < 1.29 is 4.74 Å². The van der Waals surface area contributed by atoms with Gasteiger partial charge in [0, 0.05) is 7.11 Å². The van der Waals surface area contributed by atoms with E-state index in [-0.39, 0.29) is 6.04 Å². The van der Waals surface area contributed by atoms with Crippen LogP contribution in [0.1, 0.15) is 17.3 Å². The minimum absolute atomic E-state index is 0.0564. The Morgan fingerprint density at radius 3 is 2.63 bits per heavy atom. The van der Waals surface area contributed by atoms with Crippen molar-refractivity contribution in [2.45, 2.75) is 6.04 Å². The average Bonchev–Trinajstić information content (AvgIpc) is 2.48. The summed E-state index contributed by atoms with van der Waals surface area (Å²) in [4.78, 5) is 4.04. The van der Waals surface area contributed by atoms with Crippen molar-refractivity contribution in [2.24, 2.45) is 0 Å². The van der Waals surface area contributed by atoms with Gasteiger partial charge >= 0.3 is 0 Å². The standard InChI is InChI=1S/C15H15N3O/c1-19-11-15(12-5-3-2-4-6-12)18-14-8-7-13(9-16)17-10-14/h2-8,10,15,18H,11H2,1H3/t15-/m0/s1. The van der Waals surface area contributed by atoms with E-state index >= 15 is 0 Å². The lowest BCUT2D eigenvalue weighted by Gasteiger charge is -2.19. The number of nitriles is 1. The van der Waals surface area contributed by atoms with Crippen LogP contribution < -0.4 is 5.32 Å². The molecule has 0 aliphatic carbocycles. The predicted octanol–water partition coefficient (Wildman–Crippen LogP) is 2.75. The van der Waals surface area contributed by atoms with Gasteiger partial charge in [-0.25, -0.2) is 4.98 Å². The molecule has 1 atom stereocenters. The summed E-state index contributed by atoms with van der Waals surface area (Å²) < 4.78 is 5.24. The van der Waals surface area contributed by atoms with Crippen LogP contribution in [0, 0.1) is 11.3 Å². The van der Waals surface area contributed by atoms with E-state index in [0.29, 0.717) is 12.3 Å². The molecule has 1 N–H and O–H groups in total. The zero-order chi connectivity index (χ0) is 13.5. The number of pyridine rings is 1. The van der Waals surface area contributed by atoms with Gasteiger partial charge in [0.05, 0.1) is 24.5 Å². The molecule has 2 aromatic rings. The van der Waals surface area contributed by atoms with Gasteiger partial charge in [-0.3, -0.25) is 0 Å². The third-order valence-electron chi connectivity index (χ3n) is 2.75. The van der Waals surface area contributed by atoms with Crippen LogP contribution in [-0.2, 0) is 4.74 Å². The molecule has 0 amide bonds. The van der Waals surface area contributed by atoms with Crippen LogP contribution in [0.25, 0.3) is 0 Å². The van der Waals surface area contributed by atoms with Gasteiger partial charge in [-0.15, -0.1) is 0 Å². The van der Waals surface area contributed by atoms with Crippen LogP contribution in [-0.4, -0.2) is 18.7 Å². The molecule has 1 aromatic heterocycles. The van der Waals surface area contributed by atoms with Gasteiger partial charge in [0.25, 0.3) is 0 Å². The molecule has 0 fully saturated rings. The van der Waals surface area contributed by atoms with E-state index in [1.165, 1.54) is 0 Å². The minimum atomic E-state index is 0.0564. The molecular formula is C15H15N3O. The second-order valence-electron chi connectivity index (χ2n) is 4.11. The van der Waals surface area contributed by atoms with Crippen molar-refractivity contribution in [3.8, 4) is 6.07 Å². The molecule has 4 heteroatoms. The number of hydrogen-bond acceptors (Lipinski definition) is 4. The Morgan fingerprint density at radius 1 is 1.26 bits per heavy atom. The number of nitrogens with one attached hydrogen (secondary N) is 1. The van der Waals surface area contributed by atoms with Gasteiger partial charge < -0.3 is 10.1 Å². The first-order chi connectivity index (χ1) is 9.33. The minimum Gasteiger partial charge on any atom is -0.382 e. The maximum Gasteiger partial charge on any atom is 0.140 e. The number of methoxy groups -OCH3 is 1. The van der Waals surface area contributed by atoms with E-state index in [1.54, 1.807) is 19.4 Å². The molecule has 0 saturated carbocycles. The summed E-state index contributed by atoms with van der Waals surface area (Å²) in [6.45, 7) is 0.560. The van der Waals surface area contributed by atoms with Crippen molar-refractivity contribution in [1.29, 1.82) is 5.26 Å². The molecular weight excluding hydrogens is 238 g/mol. The van der Waals surface area contributed by atoms with Gasteiger partial charge in [-0.2, -0.15) is 5.26 Å². The number of aromatic nitrogens is 1. The summed E-state index contributed by atoms with van der Waals surface area (Å²) in [5.74, 6) is 0. The Kier molecular flexibility index (Phi) is 4.49. The second-order valence-corrected chi connectivity index (χ2v) is 4.11. The van der Waals surface area contributed by atoms with Gasteiger partial charge in [0.15, 0.2) is 0 Å². The Labute approximate surface area is 112 Å². The highest BCUT2D eigenvalue weighted by Gasteiger charge is 2.10. The average molecular weight is 253 g/mol. The van der Waals surface area contributed by atoms with E-state index in [1.807, 2.05) is 42.5 Å². The van der Waals surface area contributed by atoms with E-state index in [2.05, 4.69) is 10.3 Å². The molecule has 0 unspecified atom stereocenters. The van der Waals surface area contributed by atoms with Crippen LogP contribution in [0.4, 0.5) is 5.69 Å². The number of hydrogen-bond donors (Lipinski definition) is 1. The molecule has 0 spiro atoms. The fourth-order valence-corrected chi connectivity index (χ4v) is 1.82. The van der Waals surface area contributed by atoms with Gasteiger partial charge in [-0.05, 0) is 17.7 Å². The molecule has 0 aliphatic heterocycles. The van der Waals surface area contributed by atoms with Crippen molar-refractivity contribution in [3.05, 3.63) is 59.9 Å². The molecule has 2 rings (SSSR count). The summed E-state index contributed by atoms with van der Waals surface area (Å²) in [6, 6.07) is 15.7. The highest BCUT2D eigenvalue weighted by molar-refractivity contribution is 5.45. The maximum atomic E-state index is 8.72. The van der Waals surface area contributed by atoms with E-state index in [0.717, 1.165) is 11.3 Å². The first-order valence-electron chi connectivity index (χ1n) is 6.00. The Bertz CT molecular complexity index is 546. The quantitative estimate of drug-likeness (QED) is 0.890. The van der Waals surface area contributed by atoms with E-state index in [4.69, 9.17) is 10.00 Å². The fourth-order valence-electron chi connectivity index (χ4n) is 1.82. The maximum absolute atomic E-state index is 8.72. The van der Waals surface area contributed by atoms with Gasteiger partial charge in [0.2, 0.25) is 0 Å². The molecule has 0 aliphatic rings. The second kappa shape index (κ2) is 6.53. The van der Waals surface area contributed by atoms with Crippen LogP contribution in [0.2, 0.25) is 0 Å². The number of benzene rings is 1. The lowest BCUT2D eigenvalue weighted by Crippen LogP contribution is -2.16. The largest absolute Gasteiger partial charge is 0.382 e. The summed E-state index contributed by atoms with van der Waals surface area (Å²) >= 11 is 0. The summed E-state index contributed by atoms with van der Waals surface area (Å²) in [5.41, 5.74) is 2.42. The summed E-state index contributed by atoms with van der Waals surface area (Å²) in [5, 5.41) is 12.1. The highest BCUT2D eigenvalue weighted by atomic mass is 16.5. The Morgan fingerprint density at radius 2 is 2.05 bits per heavy atom. The van der Waals surface area contributed by atoms with Crippen molar-refractivity contribution in [2.75, 3.05) is 19.0 Å². The topological polar surface area (TPSA) is 57.9 Å². The monoisotopic (exact) mass is 253 g/mol. The van der Waals surface area contributed by atoms with Crippen LogP contribution >= 0.6 is 0 Å². The third kappa shape index (κ3) is 3.54. The van der Waals surface area contributed by atoms with E-state index < -0.39 is 0 Å². The molecule has 4 nitrogen and oxygen atoms in total. The number of anilines is 1. The van der Waals surface area contributed by atoms with Crippen molar-refractivity contribution in [1.82, 2.24) is 4.98 Å². The zero-order valence-corrected chi connectivity index (χ0v) is 10.7. The molecule has 0 saturated heterocycles. The highest BCUT2D eigenvalue weighted by Crippen LogP contribution is 2.19. The molecule has 1 aromatic carbocycles. The van der Waals surface area contributed by atoms with Crippen molar-refractivity contribution >= 4 is 5.69 Å². The van der Waals surface area contributed by atoms with Crippen LogP contribution in [0.15, 0.2) is 48.7 Å². The van der Waals surface area contributed by atoms with Gasteiger partial charge in [-0.1, -0.05) is 30.3 Å². The SMILES string of the molecule is COC[C@H](Nc1ccc(C#N)nc1)c1ccccc1. The summed E-state index contributed by atoms with van der Waals surface area (Å²) in [6.07, 6.45) is 1.66. The normalized spacial score (nSPS) is 11.6.